The fourth-order valence-corrected chi connectivity index (χ4v) is 2.72. The molecule has 0 fully saturated rings. The van der Waals surface area contributed by atoms with Gasteiger partial charge >= 0.3 is 0 Å². The summed E-state index contributed by atoms with van der Waals surface area (Å²) >= 11 is 3.71. The van der Waals surface area contributed by atoms with Crippen LogP contribution in [0.2, 0.25) is 0 Å². The van der Waals surface area contributed by atoms with Crippen LogP contribution in [0.25, 0.3) is 0 Å². The zero-order chi connectivity index (χ0) is 7.56. The summed E-state index contributed by atoms with van der Waals surface area (Å²) in [5.74, 6) is 0. The van der Waals surface area contributed by atoms with Crippen LogP contribution < -0.4 is 0 Å². The topological polar surface area (TPSA) is 47.6 Å². The molecule has 1 atom stereocenters. The Morgan fingerprint density at radius 2 is 2.20 bits per heavy atom. The number of allylic oxidation sites excluding steroid dienone is 2. The molecule has 0 saturated carbocycles. The van der Waals surface area contributed by atoms with E-state index in [0.717, 1.165) is 6.42 Å². The van der Waals surface area contributed by atoms with Gasteiger partial charge in [0.1, 0.15) is 6.07 Å². The first-order chi connectivity index (χ1) is 4.77. The lowest BCUT2D eigenvalue weighted by Crippen LogP contribution is -1.81. The molecule has 0 aromatic rings. The number of thioether (sulfide) groups is 1. The maximum atomic E-state index is 8.51. The summed E-state index contributed by atoms with van der Waals surface area (Å²) in [6.45, 7) is 0. The normalized spacial score (nSPS) is 24.1. The van der Waals surface area contributed by atoms with Crippen molar-refractivity contribution in [1.82, 2.24) is 0 Å². The first kappa shape index (κ1) is 7.90. The summed E-state index contributed by atoms with van der Waals surface area (Å²) in [4.78, 5) is 0.599. The first-order valence-corrected chi connectivity index (χ1v) is 4.74. The van der Waals surface area contributed by atoms with Crippen molar-refractivity contribution in [3.63, 3.8) is 0 Å². The smallest absolute Gasteiger partial charge is 0.107 e. The quantitative estimate of drug-likeness (QED) is 0.496. The molecule has 0 spiro atoms. The van der Waals surface area contributed by atoms with E-state index in [1.54, 1.807) is 0 Å². The Morgan fingerprint density at radius 3 is 2.60 bits per heavy atom. The van der Waals surface area contributed by atoms with Gasteiger partial charge in [-0.05, 0) is 0 Å². The molecule has 2 nitrogen and oxygen atoms in total. The highest BCUT2D eigenvalue weighted by molar-refractivity contribution is 14.1. The van der Waals surface area contributed by atoms with Crippen LogP contribution in [0, 0.1) is 22.7 Å². The Balaban J connectivity index is 2.86. The minimum Gasteiger partial charge on any atom is -0.193 e. The van der Waals surface area contributed by atoms with Gasteiger partial charge in [-0.2, -0.15) is 10.5 Å². The van der Waals surface area contributed by atoms with E-state index >= 15 is 0 Å². The highest BCUT2D eigenvalue weighted by atomic mass is 127. The predicted octanol–water partition coefficient (Wildman–Crippen LogP) is 2.19. The Labute approximate surface area is 77.0 Å². The molecular formula is C6H3IN2S. The average Bonchev–Trinajstić information content (AvgIpc) is 2.30. The van der Waals surface area contributed by atoms with Crippen LogP contribution in [0.15, 0.2) is 10.5 Å². The summed E-state index contributed by atoms with van der Waals surface area (Å²) in [5.41, 5.74) is 0.645. The monoisotopic (exact) mass is 262 g/mol. The number of nitriles is 2. The molecule has 0 radical (unpaired) electrons. The van der Waals surface area contributed by atoms with E-state index in [1.165, 1.54) is 11.8 Å². The highest BCUT2D eigenvalue weighted by Gasteiger charge is 2.22. The van der Waals surface area contributed by atoms with E-state index in [1.807, 2.05) is 12.1 Å². The molecule has 50 valence electrons. The number of hydrogen-bond donors (Lipinski definition) is 0. The molecule has 0 aromatic carbocycles. The third-order valence-corrected chi connectivity index (χ3v) is 3.32. The number of halogens is 1. The molecule has 0 bridgehead atoms. The molecule has 4 heteroatoms. The van der Waals surface area contributed by atoms with Gasteiger partial charge in [0.15, 0.2) is 0 Å². The second kappa shape index (κ2) is 3.27. The van der Waals surface area contributed by atoms with Gasteiger partial charge in [-0.15, -0.1) is 0 Å². The maximum absolute atomic E-state index is 8.51. The molecule has 1 unspecified atom stereocenters. The van der Waals surface area contributed by atoms with Crippen molar-refractivity contribution < 1.29 is 0 Å². The Bertz CT molecular complexity index is 232. The number of hydrogen-bond acceptors (Lipinski definition) is 3. The molecular weight excluding hydrogens is 259 g/mol. The Kier molecular flexibility index (Phi) is 2.58. The summed E-state index contributed by atoms with van der Waals surface area (Å²) in [6, 6.07) is 4.04. The maximum Gasteiger partial charge on any atom is 0.107 e. The van der Waals surface area contributed by atoms with Gasteiger partial charge in [0.05, 0.1) is 19.8 Å². The third kappa shape index (κ3) is 1.44. The molecule has 0 aromatic heterocycles. The summed E-state index contributed by atoms with van der Waals surface area (Å²) in [7, 11) is 0. The number of nitrogens with zero attached hydrogens (tertiary/aromatic N) is 2. The molecule has 10 heavy (non-hydrogen) atoms. The van der Waals surface area contributed by atoms with Gasteiger partial charge < -0.3 is 0 Å². The van der Waals surface area contributed by atoms with Crippen LogP contribution >= 0.6 is 34.4 Å². The second-order valence-corrected chi connectivity index (χ2v) is 5.33. The number of rotatable bonds is 0. The van der Waals surface area contributed by atoms with Gasteiger partial charge in [0.2, 0.25) is 0 Å². The minimum atomic E-state index is 0.377. The molecule has 1 rings (SSSR count). The number of alkyl halides is 1. The zero-order valence-electron chi connectivity index (χ0n) is 4.97. The van der Waals surface area contributed by atoms with Gasteiger partial charge in [0, 0.05) is 6.42 Å². The van der Waals surface area contributed by atoms with E-state index in [9.17, 15) is 0 Å². The van der Waals surface area contributed by atoms with Crippen molar-refractivity contribution in [2.45, 2.75) is 9.68 Å². The second-order valence-electron chi connectivity index (χ2n) is 1.76. The van der Waals surface area contributed by atoms with Gasteiger partial charge in [-0.3, -0.25) is 0 Å². The molecule has 1 heterocycles. The molecule has 0 saturated heterocycles. The Hall–Kier alpha value is -0.200. The van der Waals surface area contributed by atoms with Gasteiger partial charge in [-0.1, -0.05) is 34.4 Å². The summed E-state index contributed by atoms with van der Waals surface area (Å²) in [6.07, 6.45) is 0.741. The van der Waals surface area contributed by atoms with Crippen LogP contribution in [0.4, 0.5) is 0 Å². The van der Waals surface area contributed by atoms with Crippen LogP contribution in [0.1, 0.15) is 6.42 Å². The lowest BCUT2D eigenvalue weighted by Gasteiger charge is -1.91. The van der Waals surface area contributed by atoms with E-state index in [0.29, 0.717) is 13.7 Å². The third-order valence-electron chi connectivity index (χ3n) is 1.12. The van der Waals surface area contributed by atoms with E-state index in [2.05, 4.69) is 22.6 Å². The minimum absolute atomic E-state index is 0.377. The fourth-order valence-electron chi connectivity index (χ4n) is 0.684. The van der Waals surface area contributed by atoms with E-state index in [4.69, 9.17) is 10.5 Å². The predicted molar refractivity (Wildman–Crippen MR) is 48.3 cm³/mol. The van der Waals surface area contributed by atoms with E-state index < -0.39 is 0 Å². The van der Waals surface area contributed by atoms with Crippen molar-refractivity contribution in [3.05, 3.63) is 10.5 Å². The van der Waals surface area contributed by atoms with Gasteiger partial charge in [-0.25, -0.2) is 0 Å². The molecule has 1 aliphatic rings. The summed E-state index contributed by atoms with van der Waals surface area (Å²) < 4.78 is 0.377. The van der Waals surface area contributed by atoms with Crippen LogP contribution in [-0.4, -0.2) is 3.26 Å². The molecule has 0 N–H and O–H groups in total. The lowest BCUT2D eigenvalue weighted by molar-refractivity contribution is 1.17. The van der Waals surface area contributed by atoms with E-state index in [-0.39, 0.29) is 0 Å². The molecule has 1 aliphatic heterocycles. The van der Waals surface area contributed by atoms with Crippen LogP contribution in [0.5, 0.6) is 0 Å². The van der Waals surface area contributed by atoms with Crippen molar-refractivity contribution in [2.75, 3.05) is 0 Å². The molecule has 0 aliphatic carbocycles. The van der Waals surface area contributed by atoms with Crippen LogP contribution in [-0.2, 0) is 0 Å². The van der Waals surface area contributed by atoms with Crippen molar-refractivity contribution >= 4 is 34.4 Å². The van der Waals surface area contributed by atoms with Crippen molar-refractivity contribution in [2.24, 2.45) is 0 Å². The van der Waals surface area contributed by atoms with Gasteiger partial charge in [0.25, 0.3) is 0 Å². The highest BCUT2D eigenvalue weighted by Crippen LogP contribution is 2.40. The Morgan fingerprint density at radius 1 is 1.50 bits per heavy atom. The average molecular weight is 262 g/mol. The lowest BCUT2D eigenvalue weighted by atomic mass is 10.2. The van der Waals surface area contributed by atoms with Crippen molar-refractivity contribution in [1.29, 1.82) is 10.5 Å². The first-order valence-electron chi connectivity index (χ1n) is 2.62. The van der Waals surface area contributed by atoms with Crippen molar-refractivity contribution in [3.8, 4) is 12.1 Å². The SMILES string of the molecule is N#CC1=C(C#N)SC(I)C1. The summed E-state index contributed by atoms with van der Waals surface area (Å²) in [5, 5.41) is 17.0. The molecule has 0 amide bonds. The fraction of sp³-hybridized carbons (Fsp3) is 0.333. The van der Waals surface area contributed by atoms with Crippen LogP contribution in [0.3, 0.4) is 0 Å². The zero-order valence-corrected chi connectivity index (χ0v) is 7.94. The largest absolute Gasteiger partial charge is 0.193 e. The standard InChI is InChI=1S/C6H3IN2S/c7-6-1-4(2-8)5(3-9)10-6/h6H,1H2.